The first-order valence-electron chi connectivity index (χ1n) is 11.1. The lowest BCUT2D eigenvalue weighted by molar-refractivity contribution is -0.112. The molecular formula is C25H39N3O6. The number of likely N-dealkylation sites (N-methyl/N-ethyl adjacent to an activating group) is 1. The van der Waals surface area contributed by atoms with Gasteiger partial charge in [-0.05, 0) is 64.5 Å². The molecule has 1 atom stereocenters. The highest BCUT2D eigenvalue weighted by Gasteiger charge is 2.26. The Morgan fingerprint density at radius 1 is 1.12 bits per heavy atom. The number of nitrogens with zero attached hydrogens (tertiary/aromatic N) is 2. The van der Waals surface area contributed by atoms with Gasteiger partial charge < -0.3 is 29.3 Å². The molecule has 2 rings (SSSR count). The van der Waals surface area contributed by atoms with E-state index in [1.165, 1.54) is 11.9 Å². The standard InChI is InChI=1S/C18H20N2O5.C5H12O.C2H7N/c1-19(16(12-24)3-2-5-21)18(25)17-8-14-10-20(4-6-22)9-13(14)7-15(17)11-23;1-5(2,3)6-4;1-3-2/h5-8,11-12,16H,2-4,9-10H2,1H3;1-4H3;3H,1-2H3. The summed E-state index contributed by atoms with van der Waals surface area (Å²) in [5, 5.41) is 2.75. The Morgan fingerprint density at radius 3 is 2.06 bits per heavy atom. The Hall–Kier alpha value is -2.75. The van der Waals surface area contributed by atoms with Gasteiger partial charge in [-0.15, -0.1) is 0 Å². The van der Waals surface area contributed by atoms with Crippen LogP contribution in [0.4, 0.5) is 0 Å². The van der Waals surface area contributed by atoms with Crippen molar-refractivity contribution in [2.24, 2.45) is 0 Å². The zero-order chi connectivity index (χ0) is 26.3. The SMILES string of the molecule is CN(C(=O)c1cc2c(cc1C=O)CN(CC=O)C2)C(C=O)CCC=O.CNC.COC(C)(C)C. The Bertz CT molecular complexity index is 820. The zero-order valence-corrected chi connectivity index (χ0v) is 21.4. The molecule has 1 aromatic rings. The topological polar surface area (TPSA) is 113 Å². The summed E-state index contributed by atoms with van der Waals surface area (Å²) in [5.41, 5.74) is 2.32. The fourth-order valence-corrected chi connectivity index (χ4v) is 2.99. The maximum absolute atomic E-state index is 12.7. The number of nitrogens with one attached hydrogen (secondary N) is 1. The van der Waals surface area contributed by atoms with Gasteiger partial charge in [0.2, 0.25) is 0 Å². The number of amides is 1. The van der Waals surface area contributed by atoms with Crippen molar-refractivity contribution in [2.45, 2.75) is 58.3 Å². The molecule has 0 saturated carbocycles. The van der Waals surface area contributed by atoms with Gasteiger partial charge in [0.25, 0.3) is 5.91 Å². The maximum atomic E-state index is 12.7. The van der Waals surface area contributed by atoms with Crippen LogP contribution in [0.2, 0.25) is 0 Å². The van der Waals surface area contributed by atoms with Gasteiger partial charge >= 0.3 is 0 Å². The third-order valence-corrected chi connectivity index (χ3v) is 5.02. The zero-order valence-electron chi connectivity index (χ0n) is 21.4. The fourth-order valence-electron chi connectivity index (χ4n) is 2.99. The van der Waals surface area contributed by atoms with E-state index in [2.05, 4.69) is 5.32 Å². The van der Waals surface area contributed by atoms with E-state index in [-0.39, 0.29) is 36.1 Å². The molecule has 34 heavy (non-hydrogen) atoms. The second-order valence-corrected chi connectivity index (χ2v) is 8.84. The van der Waals surface area contributed by atoms with Gasteiger partial charge in [0.15, 0.2) is 6.29 Å². The highest BCUT2D eigenvalue weighted by Crippen LogP contribution is 2.26. The quantitative estimate of drug-likeness (QED) is 0.537. The van der Waals surface area contributed by atoms with Crippen LogP contribution in [0.15, 0.2) is 12.1 Å². The highest BCUT2D eigenvalue weighted by atomic mass is 16.5. The Morgan fingerprint density at radius 2 is 1.65 bits per heavy atom. The van der Waals surface area contributed by atoms with Gasteiger partial charge in [-0.2, -0.15) is 0 Å². The van der Waals surface area contributed by atoms with Crippen molar-refractivity contribution >= 4 is 31.1 Å². The molecule has 0 spiro atoms. The van der Waals surface area contributed by atoms with Crippen LogP contribution in [0.1, 0.15) is 65.5 Å². The first-order valence-corrected chi connectivity index (χ1v) is 11.1. The van der Waals surface area contributed by atoms with Crippen LogP contribution in [-0.2, 0) is 32.2 Å². The summed E-state index contributed by atoms with van der Waals surface area (Å²) in [6.07, 6.45) is 3.17. The van der Waals surface area contributed by atoms with E-state index in [0.29, 0.717) is 31.9 Å². The maximum Gasteiger partial charge on any atom is 0.254 e. The molecule has 0 fully saturated rings. The largest absolute Gasteiger partial charge is 0.379 e. The summed E-state index contributed by atoms with van der Waals surface area (Å²) < 4.78 is 4.94. The van der Waals surface area contributed by atoms with Crippen LogP contribution < -0.4 is 5.32 Å². The van der Waals surface area contributed by atoms with E-state index < -0.39 is 11.9 Å². The molecule has 1 aliphatic heterocycles. The van der Waals surface area contributed by atoms with E-state index in [1.54, 1.807) is 19.2 Å². The third-order valence-electron chi connectivity index (χ3n) is 5.02. The van der Waals surface area contributed by atoms with Crippen LogP contribution >= 0.6 is 0 Å². The number of carbonyl (C=O) groups is 5. The highest BCUT2D eigenvalue weighted by molar-refractivity contribution is 6.02. The number of rotatable bonds is 9. The van der Waals surface area contributed by atoms with Crippen molar-refractivity contribution in [2.75, 3.05) is 34.8 Å². The van der Waals surface area contributed by atoms with Crippen LogP contribution in [-0.4, -0.2) is 87.3 Å². The molecule has 0 radical (unpaired) electrons. The molecule has 1 amide bonds. The van der Waals surface area contributed by atoms with Crippen molar-refractivity contribution in [1.82, 2.24) is 15.1 Å². The number of benzene rings is 1. The Labute approximate surface area is 202 Å². The number of ether oxygens (including phenoxy) is 1. The van der Waals surface area contributed by atoms with Crippen LogP contribution in [0.5, 0.6) is 0 Å². The molecular weight excluding hydrogens is 438 g/mol. The first-order chi connectivity index (χ1) is 16.0. The third kappa shape index (κ3) is 10.5. The number of aldehydes is 4. The van der Waals surface area contributed by atoms with Crippen LogP contribution in [0.25, 0.3) is 0 Å². The molecule has 0 saturated heterocycles. The number of hydrogen-bond donors (Lipinski definition) is 1. The van der Waals surface area contributed by atoms with Gasteiger partial charge in [-0.3, -0.25) is 14.5 Å². The van der Waals surface area contributed by atoms with Gasteiger partial charge in [0, 0.05) is 39.2 Å². The molecule has 9 nitrogen and oxygen atoms in total. The van der Waals surface area contributed by atoms with E-state index in [0.717, 1.165) is 17.4 Å². The second-order valence-electron chi connectivity index (χ2n) is 8.84. The van der Waals surface area contributed by atoms with Crippen molar-refractivity contribution < 1.29 is 28.7 Å². The van der Waals surface area contributed by atoms with Crippen molar-refractivity contribution in [3.8, 4) is 0 Å². The molecule has 190 valence electrons. The smallest absolute Gasteiger partial charge is 0.254 e. The van der Waals surface area contributed by atoms with Crippen LogP contribution in [0, 0.1) is 0 Å². The summed E-state index contributed by atoms with van der Waals surface area (Å²) in [5.74, 6) is -0.443. The minimum Gasteiger partial charge on any atom is -0.379 e. The summed E-state index contributed by atoms with van der Waals surface area (Å²) >= 11 is 0. The van der Waals surface area contributed by atoms with E-state index >= 15 is 0 Å². The van der Waals surface area contributed by atoms with Crippen molar-refractivity contribution in [1.29, 1.82) is 0 Å². The summed E-state index contributed by atoms with van der Waals surface area (Å²) in [4.78, 5) is 59.7. The molecule has 0 aliphatic carbocycles. The van der Waals surface area contributed by atoms with Gasteiger partial charge in [-0.1, -0.05) is 0 Å². The molecule has 1 N–H and O–H groups in total. The summed E-state index contributed by atoms with van der Waals surface area (Å²) in [6.45, 7) is 7.43. The predicted molar refractivity (Wildman–Crippen MR) is 131 cm³/mol. The monoisotopic (exact) mass is 477 g/mol. The molecule has 1 aliphatic rings. The minimum atomic E-state index is -0.725. The lowest BCUT2D eigenvalue weighted by Crippen LogP contribution is -2.38. The number of methoxy groups -OCH3 is 1. The summed E-state index contributed by atoms with van der Waals surface area (Å²) in [6, 6.07) is 2.59. The van der Waals surface area contributed by atoms with Crippen LogP contribution in [0.3, 0.4) is 0 Å². The van der Waals surface area contributed by atoms with Crippen molar-refractivity contribution in [3.63, 3.8) is 0 Å². The second kappa shape index (κ2) is 16.0. The average molecular weight is 478 g/mol. The number of fused-ring (bicyclic) bond motifs is 1. The van der Waals surface area contributed by atoms with Gasteiger partial charge in [0.1, 0.15) is 18.9 Å². The van der Waals surface area contributed by atoms with Crippen molar-refractivity contribution in [3.05, 3.63) is 34.4 Å². The van der Waals surface area contributed by atoms with E-state index in [1.807, 2.05) is 39.8 Å². The Kier molecular flexibility index (Phi) is 14.7. The molecule has 1 heterocycles. The molecule has 0 bridgehead atoms. The normalized spacial score (nSPS) is 13.3. The van der Waals surface area contributed by atoms with Gasteiger partial charge in [-0.25, -0.2) is 0 Å². The average Bonchev–Trinajstić information content (AvgIpc) is 3.20. The molecule has 1 unspecified atom stereocenters. The van der Waals surface area contributed by atoms with E-state index in [9.17, 15) is 24.0 Å². The lowest BCUT2D eigenvalue weighted by Gasteiger charge is -2.24. The van der Waals surface area contributed by atoms with Gasteiger partial charge in [0.05, 0.1) is 23.8 Å². The minimum absolute atomic E-state index is 0.0417. The number of hydrogen-bond acceptors (Lipinski definition) is 8. The fraction of sp³-hybridized carbons (Fsp3) is 0.560. The summed E-state index contributed by atoms with van der Waals surface area (Å²) in [7, 11) is 6.94. The molecule has 0 aromatic heterocycles. The first kappa shape index (κ1) is 31.2. The molecule has 9 heteroatoms. The lowest BCUT2D eigenvalue weighted by atomic mass is 9.99. The predicted octanol–water partition coefficient (Wildman–Crippen LogP) is 1.90. The number of carbonyl (C=O) groups excluding carboxylic acids is 5. The molecule has 1 aromatic carbocycles. The van der Waals surface area contributed by atoms with E-state index in [4.69, 9.17) is 4.74 Å². The Balaban J connectivity index is 0.00000103.